The summed E-state index contributed by atoms with van der Waals surface area (Å²) in [5.41, 5.74) is -0.0803. The van der Waals surface area contributed by atoms with E-state index in [9.17, 15) is 14.3 Å². The Kier molecular flexibility index (Phi) is 4.19. The fourth-order valence-electron chi connectivity index (χ4n) is 1.72. The van der Waals surface area contributed by atoms with Gasteiger partial charge in [-0.25, -0.2) is 4.39 Å². The Labute approximate surface area is 113 Å². The van der Waals surface area contributed by atoms with E-state index in [4.69, 9.17) is 16.0 Å². The number of carbonyl (C=O) groups is 1. The second-order valence-corrected chi connectivity index (χ2v) is 4.27. The van der Waals surface area contributed by atoms with Gasteiger partial charge in [-0.05, 0) is 24.3 Å². The van der Waals surface area contributed by atoms with Crippen molar-refractivity contribution in [2.45, 2.75) is 12.6 Å². The highest BCUT2D eigenvalue weighted by molar-refractivity contribution is 6.31. The van der Waals surface area contributed by atoms with E-state index in [0.717, 1.165) is 0 Å². The highest BCUT2D eigenvalue weighted by Crippen LogP contribution is 2.26. The topological polar surface area (TPSA) is 62.5 Å². The lowest BCUT2D eigenvalue weighted by molar-refractivity contribution is -0.139. The van der Waals surface area contributed by atoms with Crippen molar-refractivity contribution < 1.29 is 18.7 Å². The van der Waals surface area contributed by atoms with Crippen LogP contribution in [0.5, 0.6) is 0 Å². The number of carboxylic acid groups (broad SMARTS) is 1. The molecule has 0 bridgehead atoms. The van der Waals surface area contributed by atoms with Crippen LogP contribution in [0.15, 0.2) is 41.0 Å². The van der Waals surface area contributed by atoms with Crippen molar-refractivity contribution in [2.24, 2.45) is 0 Å². The first-order chi connectivity index (χ1) is 9.09. The van der Waals surface area contributed by atoms with Crippen molar-refractivity contribution in [3.63, 3.8) is 0 Å². The van der Waals surface area contributed by atoms with Crippen LogP contribution in [0.1, 0.15) is 17.4 Å². The second kappa shape index (κ2) is 5.86. The summed E-state index contributed by atoms with van der Waals surface area (Å²) < 4.78 is 18.8. The molecule has 1 aromatic carbocycles. The molecule has 0 radical (unpaired) electrons. The number of nitrogens with one attached hydrogen (secondary N) is 1. The van der Waals surface area contributed by atoms with Gasteiger partial charge < -0.3 is 9.52 Å². The highest BCUT2D eigenvalue weighted by Gasteiger charge is 2.25. The summed E-state index contributed by atoms with van der Waals surface area (Å²) >= 11 is 5.86. The number of carboxylic acids is 1. The molecule has 1 unspecified atom stereocenters. The molecule has 0 aliphatic heterocycles. The molecule has 6 heteroatoms. The average molecular weight is 284 g/mol. The van der Waals surface area contributed by atoms with E-state index in [1.807, 2.05) is 0 Å². The van der Waals surface area contributed by atoms with Crippen LogP contribution in [0, 0.1) is 5.82 Å². The van der Waals surface area contributed by atoms with Crippen LogP contribution in [0.25, 0.3) is 0 Å². The summed E-state index contributed by atoms with van der Waals surface area (Å²) in [5.74, 6) is -1.32. The minimum Gasteiger partial charge on any atom is -0.480 e. The van der Waals surface area contributed by atoms with E-state index in [1.165, 1.54) is 24.5 Å². The molecule has 19 heavy (non-hydrogen) atoms. The molecule has 2 rings (SSSR count). The first-order valence-corrected chi connectivity index (χ1v) is 5.90. The third-order valence-electron chi connectivity index (χ3n) is 2.60. The van der Waals surface area contributed by atoms with Crippen molar-refractivity contribution in [3.8, 4) is 0 Å². The summed E-state index contributed by atoms with van der Waals surface area (Å²) in [6.45, 7) is 0.161. The normalized spacial score (nSPS) is 12.3. The molecule has 0 amide bonds. The summed E-state index contributed by atoms with van der Waals surface area (Å²) in [6.07, 6.45) is 1.48. The summed E-state index contributed by atoms with van der Waals surface area (Å²) in [6, 6.07) is 6.18. The Bertz CT molecular complexity index is 551. The van der Waals surface area contributed by atoms with Crippen molar-refractivity contribution in [1.29, 1.82) is 0 Å². The molecular weight excluding hydrogens is 273 g/mol. The number of rotatable bonds is 5. The quantitative estimate of drug-likeness (QED) is 0.885. The van der Waals surface area contributed by atoms with E-state index >= 15 is 0 Å². The zero-order valence-corrected chi connectivity index (χ0v) is 10.5. The molecule has 0 aliphatic carbocycles. The monoisotopic (exact) mass is 283 g/mol. The van der Waals surface area contributed by atoms with E-state index < -0.39 is 17.8 Å². The number of hydrogen-bond donors (Lipinski definition) is 2. The van der Waals surface area contributed by atoms with Crippen molar-refractivity contribution >= 4 is 17.6 Å². The smallest absolute Gasteiger partial charge is 0.325 e. The van der Waals surface area contributed by atoms with Crippen LogP contribution < -0.4 is 5.32 Å². The molecular formula is C13H11ClFNO3. The van der Waals surface area contributed by atoms with E-state index in [1.54, 1.807) is 12.1 Å². The van der Waals surface area contributed by atoms with Crippen LogP contribution in [0.3, 0.4) is 0 Å². The standard InChI is InChI=1S/C13H11ClFNO3/c14-9-4-1-5-10(15)11(9)12(13(17)18)16-7-8-3-2-6-19-8/h1-6,12,16H,7H2,(H,17,18). The molecule has 0 saturated carbocycles. The molecule has 0 aliphatic rings. The second-order valence-electron chi connectivity index (χ2n) is 3.87. The van der Waals surface area contributed by atoms with Gasteiger partial charge in [0.2, 0.25) is 0 Å². The Morgan fingerprint density at radius 1 is 1.42 bits per heavy atom. The number of hydrogen-bond acceptors (Lipinski definition) is 3. The lowest BCUT2D eigenvalue weighted by atomic mass is 10.1. The predicted octanol–water partition coefficient (Wildman–Crippen LogP) is 2.99. The third-order valence-corrected chi connectivity index (χ3v) is 2.93. The average Bonchev–Trinajstić information content (AvgIpc) is 2.85. The van der Waals surface area contributed by atoms with Gasteiger partial charge in [0.05, 0.1) is 12.8 Å². The summed E-state index contributed by atoms with van der Waals surface area (Å²) in [4.78, 5) is 11.2. The number of aliphatic carboxylic acids is 1. The summed E-state index contributed by atoms with van der Waals surface area (Å²) in [7, 11) is 0. The zero-order chi connectivity index (χ0) is 13.8. The number of halogens is 2. The summed E-state index contributed by atoms with van der Waals surface area (Å²) in [5, 5.41) is 12.0. The van der Waals surface area contributed by atoms with Gasteiger partial charge >= 0.3 is 5.97 Å². The first kappa shape index (κ1) is 13.6. The van der Waals surface area contributed by atoms with Gasteiger partial charge in [-0.1, -0.05) is 17.7 Å². The maximum atomic E-state index is 13.7. The maximum absolute atomic E-state index is 13.7. The first-order valence-electron chi connectivity index (χ1n) is 5.52. The Morgan fingerprint density at radius 3 is 2.79 bits per heavy atom. The largest absolute Gasteiger partial charge is 0.480 e. The van der Waals surface area contributed by atoms with Crippen LogP contribution in [0.2, 0.25) is 5.02 Å². The molecule has 1 heterocycles. The van der Waals surface area contributed by atoms with Crippen LogP contribution >= 0.6 is 11.6 Å². The van der Waals surface area contributed by atoms with Gasteiger partial charge in [-0.2, -0.15) is 0 Å². The number of benzene rings is 1. The van der Waals surface area contributed by atoms with Gasteiger partial charge in [-0.3, -0.25) is 10.1 Å². The van der Waals surface area contributed by atoms with Crippen molar-refractivity contribution in [1.82, 2.24) is 5.32 Å². The van der Waals surface area contributed by atoms with Crippen LogP contribution in [-0.4, -0.2) is 11.1 Å². The van der Waals surface area contributed by atoms with Gasteiger partial charge in [0.1, 0.15) is 17.6 Å². The zero-order valence-electron chi connectivity index (χ0n) is 9.77. The Hall–Kier alpha value is -1.85. The van der Waals surface area contributed by atoms with Gasteiger partial charge in [-0.15, -0.1) is 0 Å². The minimum absolute atomic E-state index is 0.0688. The Balaban J connectivity index is 2.23. The van der Waals surface area contributed by atoms with E-state index in [0.29, 0.717) is 5.76 Å². The molecule has 100 valence electrons. The highest BCUT2D eigenvalue weighted by atomic mass is 35.5. The van der Waals surface area contributed by atoms with Crippen LogP contribution in [0.4, 0.5) is 4.39 Å². The SMILES string of the molecule is O=C(O)C(NCc1ccco1)c1c(F)cccc1Cl. The van der Waals surface area contributed by atoms with Gasteiger partial charge in [0.15, 0.2) is 0 Å². The molecule has 0 spiro atoms. The fourth-order valence-corrected chi connectivity index (χ4v) is 1.99. The minimum atomic E-state index is -1.24. The van der Waals surface area contributed by atoms with Gasteiger partial charge in [0, 0.05) is 10.6 Å². The lowest BCUT2D eigenvalue weighted by Gasteiger charge is -2.16. The lowest BCUT2D eigenvalue weighted by Crippen LogP contribution is -2.29. The third kappa shape index (κ3) is 3.13. The van der Waals surface area contributed by atoms with Crippen molar-refractivity contribution in [2.75, 3.05) is 0 Å². The maximum Gasteiger partial charge on any atom is 0.325 e. The van der Waals surface area contributed by atoms with Crippen LogP contribution in [-0.2, 0) is 11.3 Å². The van der Waals surface area contributed by atoms with E-state index in [-0.39, 0.29) is 17.1 Å². The number of furan rings is 1. The molecule has 2 N–H and O–H groups in total. The van der Waals surface area contributed by atoms with E-state index in [2.05, 4.69) is 5.32 Å². The molecule has 1 aromatic heterocycles. The Morgan fingerprint density at radius 2 is 2.21 bits per heavy atom. The van der Waals surface area contributed by atoms with Crippen molar-refractivity contribution in [3.05, 3.63) is 58.8 Å². The molecule has 2 aromatic rings. The molecule has 0 fully saturated rings. The molecule has 1 atom stereocenters. The molecule has 0 saturated heterocycles. The predicted molar refractivity (Wildman–Crippen MR) is 67.3 cm³/mol. The molecule has 4 nitrogen and oxygen atoms in total. The fraction of sp³-hybridized carbons (Fsp3) is 0.154. The van der Waals surface area contributed by atoms with Gasteiger partial charge in [0.25, 0.3) is 0 Å².